The molecule has 2 atom stereocenters. The van der Waals surface area contributed by atoms with E-state index in [0.29, 0.717) is 17.4 Å². The lowest BCUT2D eigenvalue weighted by Crippen LogP contribution is -2.63. The van der Waals surface area contributed by atoms with Crippen LogP contribution in [0.15, 0.2) is 40.9 Å². The average Bonchev–Trinajstić information content (AvgIpc) is 2.69. The van der Waals surface area contributed by atoms with Crippen LogP contribution in [-0.4, -0.2) is 12.6 Å². The number of ether oxygens (including phenoxy) is 2. The fraction of sp³-hybridized carbons (Fsp3) is 0.571. The molecule has 2 unspecified atom stereocenters. The van der Waals surface area contributed by atoms with Crippen molar-refractivity contribution >= 4 is 15.9 Å². The molecule has 0 spiro atoms. The SMILES string of the molecule is COc1ccc(Br)c(CNC23CC4CC(C)(CC(C)(C4)C2)C3)c1OCc1cccc(C)c1. The first-order chi connectivity index (χ1) is 15.2. The Morgan fingerprint density at radius 2 is 1.78 bits per heavy atom. The monoisotopic (exact) mass is 497 g/mol. The van der Waals surface area contributed by atoms with E-state index in [9.17, 15) is 0 Å². The van der Waals surface area contributed by atoms with Crippen molar-refractivity contribution in [1.82, 2.24) is 5.32 Å². The Labute approximate surface area is 201 Å². The number of methoxy groups -OCH3 is 1. The van der Waals surface area contributed by atoms with E-state index >= 15 is 0 Å². The van der Waals surface area contributed by atoms with Gasteiger partial charge in [0.25, 0.3) is 0 Å². The summed E-state index contributed by atoms with van der Waals surface area (Å²) in [5.74, 6) is 2.51. The number of rotatable bonds is 7. The van der Waals surface area contributed by atoms with Gasteiger partial charge in [0.05, 0.1) is 7.11 Å². The Kier molecular flexibility index (Phi) is 5.61. The van der Waals surface area contributed by atoms with E-state index in [4.69, 9.17) is 9.47 Å². The molecule has 4 bridgehead atoms. The second-order valence-electron chi connectivity index (χ2n) is 11.6. The van der Waals surface area contributed by atoms with Crippen LogP contribution in [0.1, 0.15) is 69.1 Å². The summed E-state index contributed by atoms with van der Waals surface area (Å²) in [7, 11) is 1.72. The largest absolute Gasteiger partial charge is 0.493 e. The molecular weight excluding hydrogens is 462 g/mol. The van der Waals surface area contributed by atoms with Gasteiger partial charge in [-0.05, 0) is 79.9 Å². The zero-order valence-electron chi connectivity index (χ0n) is 19.9. The second kappa shape index (κ2) is 8.06. The lowest BCUT2D eigenvalue weighted by molar-refractivity contribution is -0.118. The average molecular weight is 499 g/mol. The van der Waals surface area contributed by atoms with Gasteiger partial charge in [-0.2, -0.15) is 0 Å². The van der Waals surface area contributed by atoms with E-state index in [0.717, 1.165) is 34.0 Å². The topological polar surface area (TPSA) is 30.5 Å². The van der Waals surface area contributed by atoms with Crippen LogP contribution < -0.4 is 14.8 Å². The van der Waals surface area contributed by atoms with Gasteiger partial charge in [-0.1, -0.05) is 59.6 Å². The molecule has 0 aromatic heterocycles. The summed E-state index contributed by atoms with van der Waals surface area (Å²) in [6.45, 7) is 8.50. The minimum atomic E-state index is 0.249. The molecule has 172 valence electrons. The van der Waals surface area contributed by atoms with Crippen LogP contribution in [-0.2, 0) is 13.2 Å². The third kappa shape index (κ3) is 4.21. The quantitative estimate of drug-likeness (QED) is 0.439. The predicted molar refractivity (Wildman–Crippen MR) is 133 cm³/mol. The molecule has 6 rings (SSSR count). The summed E-state index contributed by atoms with van der Waals surface area (Å²) >= 11 is 3.80. The molecule has 4 aliphatic rings. The first-order valence-corrected chi connectivity index (χ1v) is 12.8. The molecule has 0 radical (unpaired) electrons. The maximum Gasteiger partial charge on any atom is 0.167 e. The Balaban J connectivity index is 1.39. The fourth-order valence-corrected chi connectivity index (χ4v) is 8.40. The lowest BCUT2D eigenvalue weighted by Gasteiger charge is -2.65. The lowest BCUT2D eigenvalue weighted by atomic mass is 9.43. The Morgan fingerprint density at radius 3 is 2.44 bits per heavy atom. The molecule has 1 N–H and O–H groups in total. The van der Waals surface area contributed by atoms with Gasteiger partial charge >= 0.3 is 0 Å². The molecule has 4 heteroatoms. The summed E-state index contributed by atoms with van der Waals surface area (Å²) in [5, 5.41) is 4.07. The highest BCUT2D eigenvalue weighted by molar-refractivity contribution is 9.10. The van der Waals surface area contributed by atoms with E-state index in [-0.39, 0.29) is 5.54 Å². The molecule has 0 heterocycles. The molecule has 2 aromatic rings. The molecule has 3 nitrogen and oxygen atoms in total. The van der Waals surface area contributed by atoms with Gasteiger partial charge < -0.3 is 14.8 Å². The van der Waals surface area contributed by atoms with Gasteiger partial charge in [-0.3, -0.25) is 0 Å². The van der Waals surface area contributed by atoms with Gasteiger partial charge in [0, 0.05) is 22.1 Å². The van der Waals surface area contributed by atoms with Crippen molar-refractivity contribution in [2.24, 2.45) is 16.7 Å². The molecule has 2 aromatic carbocycles. The molecule has 0 saturated heterocycles. The Bertz CT molecular complexity index is 1000. The van der Waals surface area contributed by atoms with Crippen LogP contribution in [0.5, 0.6) is 11.5 Å². The Morgan fingerprint density at radius 1 is 1.03 bits per heavy atom. The normalized spacial score (nSPS) is 32.8. The summed E-state index contributed by atoms with van der Waals surface area (Å²) in [5.41, 5.74) is 4.82. The van der Waals surface area contributed by atoms with E-state index in [2.05, 4.69) is 72.3 Å². The summed E-state index contributed by atoms with van der Waals surface area (Å²) in [6, 6.07) is 12.6. The first kappa shape index (κ1) is 22.3. The highest BCUT2D eigenvalue weighted by atomic mass is 79.9. The number of halogens is 1. The van der Waals surface area contributed by atoms with E-state index in [1.54, 1.807) is 7.11 Å². The highest BCUT2D eigenvalue weighted by Crippen LogP contribution is 2.66. The zero-order valence-corrected chi connectivity index (χ0v) is 21.5. The molecule has 0 aliphatic heterocycles. The molecule has 32 heavy (non-hydrogen) atoms. The molecule has 4 fully saturated rings. The second-order valence-corrected chi connectivity index (χ2v) is 12.5. The number of hydrogen-bond donors (Lipinski definition) is 1. The summed E-state index contributed by atoms with van der Waals surface area (Å²) in [4.78, 5) is 0. The molecule has 4 saturated carbocycles. The minimum Gasteiger partial charge on any atom is -0.493 e. The van der Waals surface area contributed by atoms with Crippen LogP contribution in [0, 0.1) is 23.7 Å². The fourth-order valence-electron chi connectivity index (χ4n) is 7.94. The van der Waals surface area contributed by atoms with Crippen LogP contribution in [0.3, 0.4) is 0 Å². The van der Waals surface area contributed by atoms with E-state index in [1.165, 1.54) is 49.7 Å². The Hall–Kier alpha value is -1.52. The van der Waals surface area contributed by atoms with Crippen molar-refractivity contribution in [1.29, 1.82) is 0 Å². The number of aryl methyl sites for hydroxylation is 1. The molecular formula is C28H36BrNO2. The maximum atomic E-state index is 6.40. The minimum absolute atomic E-state index is 0.249. The van der Waals surface area contributed by atoms with Crippen molar-refractivity contribution in [2.45, 2.75) is 78.0 Å². The third-order valence-electron chi connectivity index (χ3n) is 8.12. The number of hydrogen-bond acceptors (Lipinski definition) is 3. The van der Waals surface area contributed by atoms with E-state index < -0.39 is 0 Å². The van der Waals surface area contributed by atoms with Crippen molar-refractivity contribution in [2.75, 3.05) is 7.11 Å². The van der Waals surface area contributed by atoms with Crippen molar-refractivity contribution in [3.05, 3.63) is 57.6 Å². The van der Waals surface area contributed by atoms with Gasteiger partial charge in [-0.15, -0.1) is 0 Å². The smallest absolute Gasteiger partial charge is 0.167 e. The van der Waals surface area contributed by atoms with Crippen LogP contribution in [0.25, 0.3) is 0 Å². The number of benzene rings is 2. The van der Waals surface area contributed by atoms with E-state index in [1.807, 2.05) is 6.07 Å². The van der Waals surface area contributed by atoms with Crippen LogP contribution in [0.4, 0.5) is 0 Å². The third-order valence-corrected chi connectivity index (χ3v) is 8.86. The highest BCUT2D eigenvalue weighted by Gasteiger charge is 2.59. The summed E-state index contributed by atoms with van der Waals surface area (Å²) in [6.07, 6.45) is 8.15. The van der Waals surface area contributed by atoms with Gasteiger partial charge in [-0.25, -0.2) is 0 Å². The van der Waals surface area contributed by atoms with Crippen molar-refractivity contribution in [3.63, 3.8) is 0 Å². The maximum absolute atomic E-state index is 6.40. The van der Waals surface area contributed by atoms with Gasteiger partial charge in [0.2, 0.25) is 0 Å². The van der Waals surface area contributed by atoms with Gasteiger partial charge in [0.1, 0.15) is 6.61 Å². The zero-order chi connectivity index (χ0) is 22.6. The van der Waals surface area contributed by atoms with Crippen LogP contribution in [0.2, 0.25) is 0 Å². The van der Waals surface area contributed by atoms with Crippen LogP contribution >= 0.6 is 15.9 Å². The number of nitrogens with one attached hydrogen (secondary N) is 1. The summed E-state index contributed by atoms with van der Waals surface area (Å²) < 4.78 is 13.2. The first-order valence-electron chi connectivity index (χ1n) is 12.0. The van der Waals surface area contributed by atoms with Crippen molar-refractivity contribution < 1.29 is 9.47 Å². The molecule has 0 amide bonds. The van der Waals surface area contributed by atoms with Gasteiger partial charge in [0.15, 0.2) is 11.5 Å². The molecule has 4 aliphatic carbocycles. The standard InChI is InChI=1S/C28H36BrNO2/c1-19-6-5-7-20(10-19)15-32-25-22(23(29)8-9-24(25)31-4)14-30-28-13-21-11-26(2,17-28)16-27(3,12-21)18-28/h5-10,21,30H,11-18H2,1-4H3. The predicted octanol–water partition coefficient (Wildman–Crippen LogP) is 7.18. The van der Waals surface area contributed by atoms with Crippen molar-refractivity contribution in [3.8, 4) is 11.5 Å².